The molecule has 112 valence electrons. The first-order valence-electron chi connectivity index (χ1n) is 7.40. The SMILES string of the molecule is C[C@@H]1CC(=O)Nc2ccccc2N1C(=O)Cc1ccccc1. The van der Waals surface area contributed by atoms with Crippen LogP contribution in [0.1, 0.15) is 18.9 Å². The fourth-order valence-electron chi connectivity index (χ4n) is 2.82. The van der Waals surface area contributed by atoms with Crippen LogP contribution >= 0.6 is 0 Å². The third kappa shape index (κ3) is 2.86. The summed E-state index contributed by atoms with van der Waals surface area (Å²) in [5.74, 6) is -0.0578. The molecule has 1 aliphatic rings. The van der Waals surface area contributed by atoms with Gasteiger partial charge in [-0.15, -0.1) is 0 Å². The van der Waals surface area contributed by atoms with Crippen LogP contribution in [-0.2, 0) is 16.0 Å². The lowest BCUT2D eigenvalue weighted by atomic mass is 10.1. The van der Waals surface area contributed by atoms with Crippen LogP contribution in [0, 0.1) is 0 Å². The normalized spacial score (nSPS) is 17.4. The zero-order valence-electron chi connectivity index (χ0n) is 12.5. The molecule has 2 aromatic carbocycles. The standard InChI is InChI=1S/C18H18N2O2/c1-13-11-17(21)19-15-9-5-6-10-16(15)20(13)18(22)12-14-7-3-2-4-8-14/h2-10,13H,11-12H2,1H3,(H,19,21)/t13-/m1/s1. The lowest BCUT2D eigenvalue weighted by Crippen LogP contribution is -2.40. The van der Waals surface area contributed by atoms with Crippen LogP contribution < -0.4 is 10.2 Å². The van der Waals surface area contributed by atoms with Gasteiger partial charge in [-0.25, -0.2) is 0 Å². The largest absolute Gasteiger partial charge is 0.324 e. The first kappa shape index (κ1) is 14.3. The lowest BCUT2D eigenvalue weighted by molar-refractivity contribution is -0.118. The van der Waals surface area contributed by atoms with Crippen molar-refractivity contribution < 1.29 is 9.59 Å². The number of hydrogen-bond donors (Lipinski definition) is 1. The highest BCUT2D eigenvalue weighted by Crippen LogP contribution is 2.31. The van der Waals surface area contributed by atoms with Crippen molar-refractivity contribution in [1.82, 2.24) is 0 Å². The predicted octanol–water partition coefficient (Wildman–Crippen LogP) is 2.99. The van der Waals surface area contributed by atoms with E-state index in [1.807, 2.05) is 61.5 Å². The van der Waals surface area contributed by atoms with E-state index in [1.165, 1.54) is 0 Å². The van der Waals surface area contributed by atoms with Crippen LogP contribution in [0.25, 0.3) is 0 Å². The Morgan fingerprint density at radius 1 is 1.14 bits per heavy atom. The Morgan fingerprint density at radius 3 is 2.59 bits per heavy atom. The maximum Gasteiger partial charge on any atom is 0.231 e. The molecule has 1 atom stereocenters. The summed E-state index contributed by atoms with van der Waals surface area (Å²) in [4.78, 5) is 26.5. The number of nitrogens with one attached hydrogen (secondary N) is 1. The van der Waals surface area contributed by atoms with Gasteiger partial charge in [-0.1, -0.05) is 42.5 Å². The van der Waals surface area contributed by atoms with E-state index in [-0.39, 0.29) is 17.9 Å². The third-order valence-electron chi connectivity index (χ3n) is 3.83. The molecule has 0 saturated carbocycles. The molecule has 1 heterocycles. The van der Waals surface area contributed by atoms with Gasteiger partial charge < -0.3 is 10.2 Å². The van der Waals surface area contributed by atoms with E-state index in [2.05, 4.69) is 5.32 Å². The molecule has 0 aromatic heterocycles. The van der Waals surface area contributed by atoms with Crippen molar-refractivity contribution in [2.24, 2.45) is 0 Å². The predicted molar refractivity (Wildman–Crippen MR) is 86.8 cm³/mol. The maximum absolute atomic E-state index is 12.8. The summed E-state index contributed by atoms with van der Waals surface area (Å²) in [6.45, 7) is 1.91. The Balaban J connectivity index is 1.94. The Labute approximate surface area is 129 Å². The second-order valence-corrected chi connectivity index (χ2v) is 5.54. The van der Waals surface area contributed by atoms with Crippen LogP contribution in [0.4, 0.5) is 11.4 Å². The van der Waals surface area contributed by atoms with Crippen molar-refractivity contribution in [2.45, 2.75) is 25.8 Å². The van der Waals surface area contributed by atoms with Gasteiger partial charge in [0.15, 0.2) is 0 Å². The second-order valence-electron chi connectivity index (χ2n) is 5.54. The molecule has 1 aliphatic heterocycles. The summed E-state index contributed by atoms with van der Waals surface area (Å²) in [5, 5.41) is 2.87. The van der Waals surface area contributed by atoms with Gasteiger partial charge in [-0.3, -0.25) is 9.59 Å². The first-order valence-corrected chi connectivity index (χ1v) is 7.40. The van der Waals surface area contributed by atoms with Crippen LogP contribution in [-0.4, -0.2) is 17.9 Å². The molecule has 4 nitrogen and oxygen atoms in total. The van der Waals surface area contributed by atoms with Crippen molar-refractivity contribution in [3.8, 4) is 0 Å². The molecule has 0 aliphatic carbocycles. The van der Waals surface area contributed by atoms with E-state index < -0.39 is 0 Å². The average molecular weight is 294 g/mol. The van der Waals surface area contributed by atoms with Gasteiger partial charge in [0.1, 0.15) is 0 Å². The van der Waals surface area contributed by atoms with E-state index in [0.717, 1.165) is 11.3 Å². The van der Waals surface area contributed by atoms with E-state index >= 15 is 0 Å². The highest BCUT2D eigenvalue weighted by atomic mass is 16.2. The molecule has 1 N–H and O–H groups in total. The zero-order valence-corrected chi connectivity index (χ0v) is 12.5. The van der Waals surface area contributed by atoms with Crippen molar-refractivity contribution >= 4 is 23.2 Å². The van der Waals surface area contributed by atoms with Gasteiger partial charge in [0.25, 0.3) is 0 Å². The quantitative estimate of drug-likeness (QED) is 0.925. The molecule has 3 rings (SSSR count). The van der Waals surface area contributed by atoms with Crippen LogP contribution in [0.3, 0.4) is 0 Å². The fourth-order valence-corrected chi connectivity index (χ4v) is 2.82. The Hall–Kier alpha value is -2.62. The highest BCUT2D eigenvalue weighted by molar-refractivity contribution is 6.04. The number of carbonyl (C=O) groups excluding carboxylic acids is 2. The van der Waals surface area contributed by atoms with Gasteiger partial charge in [0.05, 0.1) is 17.8 Å². The van der Waals surface area contributed by atoms with E-state index in [0.29, 0.717) is 18.5 Å². The molecule has 2 amide bonds. The van der Waals surface area contributed by atoms with E-state index in [4.69, 9.17) is 0 Å². The average Bonchev–Trinajstić information content (AvgIpc) is 2.62. The van der Waals surface area contributed by atoms with Gasteiger partial charge in [0, 0.05) is 12.5 Å². The molecule has 2 aromatic rings. The number of benzene rings is 2. The number of rotatable bonds is 2. The third-order valence-corrected chi connectivity index (χ3v) is 3.83. The van der Waals surface area contributed by atoms with Gasteiger partial charge in [-0.2, -0.15) is 0 Å². The van der Waals surface area contributed by atoms with E-state index in [9.17, 15) is 9.59 Å². The smallest absolute Gasteiger partial charge is 0.231 e. The van der Waals surface area contributed by atoms with Crippen LogP contribution in [0.2, 0.25) is 0 Å². The number of hydrogen-bond acceptors (Lipinski definition) is 2. The minimum absolute atomic E-state index is 0.00245. The van der Waals surface area contributed by atoms with Crippen LogP contribution in [0.15, 0.2) is 54.6 Å². The summed E-state index contributed by atoms with van der Waals surface area (Å²) in [6.07, 6.45) is 0.628. The molecule has 0 bridgehead atoms. The van der Waals surface area contributed by atoms with Crippen molar-refractivity contribution in [3.63, 3.8) is 0 Å². The summed E-state index contributed by atoms with van der Waals surface area (Å²) < 4.78 is 0. The number of anilines is 2. The summed E-state index contributed by atoms with van der Waals surface area (Å²) in [7, 11) is 0. The topological polar surface area (TPSA) is 49.4 Å². The molecule has 0 radical (unpaired) electrons. The zero-order chi connectivity index (χ0) is 15.5. The molecule has 0 saturated heterocycles. The van der Waals surface area contributed by atoms with Gasteiger partial charge in [0.2, 0.25) is 11.8 Å². The molecule has 0 unspecified atom stereocenters. The number of amides is 2. The summed E-state index contributed by atoms with van der Waals surface area (Å²) >= 11 is 0. The Kier molecular flexibility index (Phi) is 3.92. The molecule has 4 heteroatoms. The lowest BCUT2D eigenvalue weighted by Gasteiger charge is -2.28. The van der Waals surface area contributed by atoms with Crippen LogP contribution in [0.5, 0.6) is 0 Å². The molecular weight excluding hydrogens is 276 g/mol. The number of nitrogens with zero attached hydrogens (tertiary/aromatic N) is 1. The molecular formula is C18H18N2O2. The number of carbonyl (C=O) groups is 2. The number of para-hydroxylation sites is 2. The minimum atomic E-state index is -0.167. The summed E-state index contributed by atoms with van der Waals surface area (Å²) in [5.41, 5.74) is 2.43. The van der Waals surface area contributed by atoms with Crippen molar-refractivity contribution in [1.29, 1.82) is 0 Å². The molecule has 22 heavy (non-hydrogen) atoms. The highest BCUT2D eigenvalue weighted by Gasteiger charge is 2.29. The Morgan fingerprint density at radius 2 is 1.82 bits per heavy atom. The van der Waals surface area contributed by atoms with Gasteiger partial charge >= 0.3 is 0 Å². The first-order chi connectivity index (χ1) is 10.6. The molecule has 0 fully saturated rings. The minimum Gasteiger partial charge on any atom is -0.324 e. The molecule has 0 spiro atoms. The maximum atomic E-state index is 12.8. The van der Waals surface area contributed by atoms with Crippen molar-refractivity contribution in [2.75, 3.05) is 10.2 Å². The Bertz CT molecular complexity index is 697. The van der Waals surface area contributed by atoms with E-state index in [1.54, 1.807) is 4.90 Å². The van der Waals surface area contributed by atoms with Crippen molar-refractivity contribution in [3.05, 3.63) is 60.2 Å². The fraction of sp³-hybridized carbons (Fsp3) is 0.222. The number of fused-ring (bicyclic) bond motifs is 1. The second kappa shape index (κ2) is 6.02. The summed E-state index contributed by atoms with van der Waals surface area (Å²) in [6, 6.07) is 16.9. The van der Waals surface area contributed by atoms with Gasteiger partial charge in [-0.05, 0) is 24.6 Å². The monoisotopic (exact) mass is 294 g/mol.